The van der Waals surface area contributed by atoms with Crippen molar-refractivity contribution in [1.82, 2.24) is 9.97 Å². The Bertz CT molecular complexity index is 344. The Morgan fingerprint density at radius 1 is 1.44 bits per heavy atom. The minimum Gasteiger partial charge on any atom is -0.472 e. The summed E-state index contributed by atoms with van der Waals surface area (Å²) in [5, 5.41) is 2.91. The minimum atomic E-state index is -0.533. The molecule has 0 aromatic carbocycles. The van der Waals surface area contributed by atoms with E-state index in [4.69, 9.17) is 4.74 Å². The van der Waals surface area contributed by atoms with E-state index in [1.54, 1.807) is 0 Å². The molecule has 1 unspecified atom stereocenters. The molecule has 1 atom stereocenters. The number of rotatable bonds is 5. The van der Waals surface area contributed by atoms with Crippen molar-refractivity contribution in [3.63, 3.8) is 0 Å². The van der Waals surface area contributed by atoms with E-state index in [2.05, 4.69) is 15.3 Å². The monoisotopic (exact) mass is 227 g/mol. The van der Waals surface area contributed by atoms with Gasteiger partial charge in [0.1, 0.15) is 6.10 Å². The van der Waals surface area contributed by atoms with Crippen molar-refractivity contribution in [3.05, 3.63) is 12.0 Å². The van der Waals surface area contributed by atoms with Gasteiger partial charge in [0.25, 0.3) is 5.88 Å². The van der Waals surface area contributed by atoms with Crippen LogP contribution in [0.5, 0.6) is 5.88 Å². The third-order valence-corrected chi connectivity index (χ3v) is 2.28. The van der Waals surface area contributed by atoms with Crippen LogP contribution >= 0.6 is 0 Å². The average molecular weight is 227 g/mol. The summed E-state index contributed by atoms with van der Waals surface area (Å²) < 4.78 is 18.8. The lowest BCUT2D eigenvalue weighted by Gasteiger charge is -2.17. The lowest BCUT2D eigenvalue weighted by atomic mass is 10.1. The van der Waals surface area contributed by atoms with Gasteiger partial charge in [-0.2, -0.15) is 9.37 Å². The van der Waals surface area contributed by atoms with Crippen molar-refractivity contribution in [2.45, 2.75) is 33.8 Å². The smallest absolute Gasteiger partial charge is 0.255 e. The normalized spacial score (nSPS) is 12.6. The topological polar surface area (TPSA) is 47.0 Å². The summed E-state index contributed by atoms with van der Waals surface area (Å²) in [6, 6.07) is 0. The molecule has 0 spiro atoms. The van der Waals surface area contributed by atoms with E-state index in [0.717, 1.165) is 6.20 Å². The second-order valence-electron chi connectivity index (χ2n) is 3.94. The van der Waals surface area contributed by atoms with Crippen LogP contribution in [0.15, 0.2) is 6.20 Å². The summed E-state index contributed by atoms with van der Waals surface area (Å²) in [5.74, 6) is 0.160. The van der Waals surface area contributed by atoms with E-state index in [0.29, 0.717) is 18.4 Å². The predicted octanol–water partition coefficient (Wildman–Crippen LogP) is 2.47. The molecule has 0 bridgehead atoms. The highest BCUT2D eigenvalue weighted by Crippen LogP contribution is 2.18. The summed E-state index contributed by atoms with van der Waals surface area (Å²) in [4.78, 5) is 7.77. The second-order valence-corrected chi connectivity index (χ2v) is 3.94. The SMILES string of the molecule is CCNc1ncc(F)c(OC(C)C(C)C)n1. The van der Waals surface area contributed by atoms with Crippen LogP contribution in [-0.4, -0.2) is 22.6 Å². The van der Waals surface area contributed by atoms with Crippen LogP contribution < -0.4 is 10.1 Å². The molecule has 1 aromatic rings. The first-order valence-corrected chi connectivity index (χ1v) is 5.47. The molecule has 0 saturated carbocycles. The van der Waals surface area contributed by atoms with Crippen molar-refractivity contribution in [2.75, 3.05) is 11.9 Å². The van der Waals surface area contributed by atoms with Gasteiger partial charge in [-0.3, -0.25) is 0 Å². The fourth-order valence-corrected chi connectivity index (χ4v) is 0.990. The van der Waals surface area contributed by atoms with Gasteiger partial charge in [-0.05, 0) is 19.8 Å². The van der Waals surface area contributed by atoms with Gasteiger partial charge >= 0.3 is 0 Å². The highest BCUT2D eigenvalue weighted by atomic mass is 19.1. The van der Waals surface area contributed by atoms with Gasteiger partial charge in [0.05, 0.1) is 6.20 Å². The molecule has 16 heavy (non-hydrogen) atoms. The van der Waals surface area contributed by atoms with E-state index in [-0.39, 0.29) is 12.0 Å². The van der Waals surface area contributed by atoms with E-state index in [1.807, 2.05) is 27.7 Å². The summed E-state index contributed by atoms with van der Waals surface area (Å²) >= 11 is 0. The molecule has 0 aliphatic rings. The van der Waals surface area contributed by atoms with E-state index >= 15 is 0 Å². The fourth-order valence-electron chi connectivity index (χ4n) is 0.990. The third kappa shape index (κ3) is 3.32. The number of hydrogen-bond donors (Lipinski definition) is 1. The highest BCUT2D eigenvalue weighted by molar-refractivity contribution is 5.28. The fraction of sp³-hybridized carbons (Fsp3) is 0.636. The average Bonchev–Trinajstić information content (AvgIpc) is 2.23. The Morgan fingerprint density at radius 2 is 2.12 bits per heavy atom. The van der Waals surface area contributed by atoms with E-state index < -0.39 is 5.82 Å². The van der Waals surface area contributed by atoms with Gasteiger partial charge in [0, 0.05) is 6.54 Å². The maximum absolute atomic E-state index is 13.4. The molecular weight excluding hydrogens is 209 g/mol. The van der Waals surface area contributed by atoms with Crippen LogP contribution in [0.3, 0.4) is 0 Å². The van der Waals surface area contributed by atoms with Gasteiger partial charge in [-0.25, -0.2) is 4.98 Å². The molecule has 1 N–H and O–H groups in total. The Labute approximate surface area is 95.3 Å². The largest absolute Gasteiger partial charge is 0.472 e. The molecule has 0 fully saturated rings. The van der Waals surface area contributed by atoms with Crippen LogP contribution in [0.4, 0.5) is 10.3 Å². The highest BCUT2D eigenvalue weighted by Gasteiger charge is 2.14. The first kappa shape index (κ1) is 12.7. The summed E-state index contributed by atoms with van der Waals surface area (Å²) in [6.45, 7) is 8.51. The zero-order valence-electron chi connectivity index (χ0n) is 10.1. The zero-order chi connectivity index (χ0) is 12.1. The second kappa shape index (κ2) is 5.63. The van der Waals surface area contributed by atoms with Gasteiger partial charge in [-0.1, -0.05) is 13.8 Å². The number of nitrogens with one attached hydrogen (secondary N) is 1. The maximum Gasteiger partial charge on any atom is 0.255 e. The lowest BCUT2D eigenvalue weighted by Crippen LogP contribution is -2.20. The molecule has 1 heterocycles. The van der Waals surface area contributed by atoms with Gasteiger partial charge < -0.3 is 10.1 Å². The van der Waals surface area contributed by atoms with Gasteiger partial charge in [0.2, 0.25) is 11.8 Å². The first-order chi connectivity index (χ1) is 7.54. The molecule has 0 saturated heterocycles. The summed E-state index contributed by atoms with van der Waals surface area (Å²) in [7, 11) is 0. The van der Waals surface area contributed by atoms with Crippen molar-refractivity contribution in [3.8, 4) is 5.88 Å². The first-order valence-electron chi connectivity index (χ1n) is 5.47. The van der Waals surface area contributed by atoms with Crippen LogP contribution in [0, 0.1) is 11.7 Å². The van der Waals surface area contributed by atoms with Crippen LogP contribution in [0.25, 0.3) is 0 Å². The molecule has 0 aliphatic heterocycles. The van der Waals surface area contributed by atoms with Gasteiger partial charge in [0.15, 0.2) is 0 Å². The molecule has 0 radical (unpaired) electrons. The van der Waals surface area contributed by atoms with Crippen molar-refractivity contribution >= 4 is 5.95 Å². The number of halogens is 1. The number of hydrogen-bond acceptors (Lipinski definition) is 4. The molecular formula is C11H18FN3O. The quantitative estimate of drug-likeness (QED) is 0.839. The maximum atomic E-state index is 13.4. The Morgan fingerprint density at radius 3 is 2.69 bits per heavy atom. The van der Waals surface area contributed by atoms with E-state index in [9.17, 15) is 4.39 Å². The standard InChI is InChI=1S/C11H18FN3O/c1-5-13-11-14-6-9(12)10(15-11)16-8(4)7(2)3/h6-8H,5H2,1-4H3,(H,13,14,15). The number of anilines is 1. The number of aromatic nitrogens is 2. The van der Waals surface area contributed by atoms with Gasteiger partial charge in [-0.15, -0.1) is 0 Å². The van der Waals surface area contributed by atoms with Crippen LogP contribution in [-0.2, 0) is 0 Å². The number of ether oxygens (including phenoxy) is 1. The predicted molar refractivity (Wildman–Crippen MR) is 61.1 cm³/mol. The summed E-state index contributed by atoms with van der Waals surface area (Å²) in [5.41, 5.74) is 0. The Balaban J connectivity index is 2.81. The molecule has 4 nitrogen and oxygen atoms in total. The lowest BCUT2D eigenvalue weighted by molar-refractivity contribution is 0.155. The molecule has 0 amide bonds. The number of nitrogens with zero attached hydrogens (tertiary/aromatic N) is 2. The van der Waals surface area contributed by atoms with Crippen LogP contribution in [0.1, 0.15) is 27.7 Å². The Kier molecular flexibility index (Phi) is 4.46. The van der Waals surface area contributed by atoms with Crippen molar-refractivity contribution in [2.24, 2.45) is 5.92 Å². The molecule has 1 aromatic heterocycles. The van der Waals surface area contributed by atoms with Crippen molar-refractivity contribution < 1.29 is 9.13 Å². The van der Waals surface area contributed by atoms with Crippen molar-refractivity contribution in [1.29, 1.82) is 0 Å². The molecule has 90 valence electrons. The third-order valence-electron chi connectivity index (χ3n) is 2.28. The van der Waals surface area contributed by atoms with Crippen LogP contribution in [0.2, 0.25) is 0 Å². The Hall–Kier alpha value is -1.39. The molecule has 5 heteroatoms. The van der Waals surface area contributed by atoms with E-state index in [1.165, 1.54) is 0 Å². The summed E-state index contributed by atoms with van der Waals surface area (Å²) in [6.07, 6.45) is 1.03. The molecule has 1 rings (SSSR count). The zero-order valence-corrected chi connectivity index (χ0v) is 10.1. The molecule has 0 aliphatic carbocycles. The minimum absolute atomic E-state index is 0.00662.